The molecule has 5 heteroatoms. The Kier molecular flexibility index (Phi) is 3.84. The number of thiophene rings is 2. The number of aromatic nitrogens is 3. The lowest BCUT2D eigenvalue weighted by atomic mass is 10.0. The molecule has 0 N–H and O–H groups in total. The molecule has 44 heavy (non-hydrogen) atoms. The van der Waals surface area contributed by atoms with Gasteiger partial charge in [-0.1, -0.05) is 121 Å². The van der Waals surface area contributed by atoms with Crippen molar-refractivity contribution >= 4 is 63.0 Å². The summed E-state index contributed by atoms with van der Waals surface area (Å²) >= 11 is 2.53. The minimum Gasteiger partial charge on any atom is -0.208 e. The molecule has 0 fully saturated rings. The second kappa shape index (κ2) is 10.2. The van der Waals surface area contributed by atoms with E-state index in [4.69, 9.17) is 25.9 Å². The van der Waals surface area contributed by atoms with Crippen molar-refractivity contribution in [1.29, 1.82) is 0 Å². The maximum absolute atomic E-state index is 9.50. The van der Waals surface area contributed by atoms with Crippen molar-refractivity contribution in [3.05, 3.63) is 139 Å². The molecule has 0 aliphatic rings. The third-order valence-electron chi connectivity index (χ3n) is 7.34. The van der Waals surface area contributed by atoms with E-state index in [1.54, 1.807) is 11.3 Å². The Morgan fingerprint density at radius 1 is 0.455 bits per heavy atom. The van der Waals surface area contributed by atoms with Gasteiger partial charge in [-0.25, -0.2) is 15.0 Å². The summed E-state index contributed by atoms with van der Waals surface area (Å²) in [5.74, 6) is 0.551. The first-order valence-corrected chi connectivity index (χ1v) is 15.3. The molecule has 0 radical (unpaired) electrons. The summed E-state index contributed by atoms with van der Waals surface area (Å²) in [5.41, 5.74) is 0.777. The predicted molar refractivity (Wildman–Crippen MR) is 187 cm³/mol. The van der Waals surface area contributed by atoms with Gasteiger partial charge in [-0.05, 0) is 29.3 Å². The maximum Gasteiger partial charge on any atom is 0.164 e. The summed E-state index contributed by atoms with van der Waals surface area (Å²) < 4.78 is 98.6. The highest BCUT2D eigenvalue weighted by Crippen LogP contribution is 2.41. The molecule has 9 aromatic rings. The van der Waals surface area contributed by atoms with Crippen LogP contribution in [0.4, 0.5) is 0 Å². The van der Waals surface area contributed by atoms with Gasteiger partial charge >= 0.3 is 0 Å². The lowest BCUT2D eigenvalue weighted by Crippen LogP contribution is -2.00. The third-order valence-corrected chi connectivity index (χ3v) is 9.60. The average Bonchev–Trinajstić information content (AvgIpc) is 3.78. The van der Waals surface area contributed by atoms with E-state index in [9.17, 15) is 4.11 Å². The summed E-state index contributed by atoms with van der Waals surface area (Å²) in [6.07, 6.45) is 0. The fraction of sp³-hybridized carbons (Fsp3) is 0. The van der Waals surface area contributed by atoms with Crippen LogP contribution in [0.3, 0.4) is 0 Å². The first kappa shape index (κ1) is 16.6. The zero-order valence-corrected chi connectivity index (χ0v) is 24.2. The molecule has 0 atom stereocenters. The summed E-state index contributed by atoms with van der Waals surface area (Å²) in [6, 6.07) is 17.6. The highest BCUT2D eigenvalue weighted by molar-refractivity contribution is 7.26. The van der Waals surface area contributed by atoms with Gasteiger partial charge in [0, 0.05) is 57.0 Å². The van der Waals surface area contributed by atoms with Gasteiger partial charge in [0.05, 0.1) is 15.1 Å². The van der Waals surface area contributed by atoms with Crippen LogP contribution in [0.15, 0.2) is 139 Å². The van der Waals surface area contributed by atoms with E-state index in [-0.39, 0.29) is 60.6 Å². The molecule has 0 saturated heterocycles. The van der Waals surface area contributed by atoms with Gasteiger partial charge in [0.15, 0.2) is 17.5 Å². The van der Waals surface area contributed by atoms with Crippen molar-refractivity contribution in [2.24, 2.45) is 0 Å². The molecule has 0 bridgehead atoms. The highest BCUT2D eigenvalue weighted by atomic mass is 32.1. The Hall–Kier alpha value is -5.23. The van der Waals surface area contributed by atoms with Crippen molar-refractivity contribution in [2.75, 3.05) is 0 Å². The zero-order valence-electron chi connectivity index (χ0n) is 33.6. The molecule has 0 spiro atoms. The maximum atomic E-state index is 9.50. The van der Waals surface area contributed by atoms with Crippen LogP contribution in [0.5, 0.6) is 0 Å². The van der Waals surface area contributed by atoms with Crippen molar-refractivity contribution in [3.63, 3.8) is 0 Å². The topological polar surface area (TPSA) is 38.7 Å². The molecule has 3 aromatic heterocycles. The Morgan fingerprint density at radius 3 is 2.07 bits per heavy atom. The standard InChI is InChI=1S/C39H23N3S2/c1-3-10-24(11-4-1)28-15-9-16-32-31-21-19-27(23-35(31)44-36(28)32)39-41-37(25-12-5-2-6-13-25)40-38(42-39)26-18-20-30-29-14-7-8-17-33(29)43-34(30)22-26/h1-23H/i1D,3D,4D,9D,10D,11D,15D,16D,19D,21D,23D. The van der Waals surface area contributed by atoms with E-state index in [1.807, 2.05) is 60.7 Å². The Balaban J connectivity index is 1.33. The minimum absolute atomic E-state index is 0.0126. The summed E-state index contributed by atoms with van der Waals surface area (Å²) in [6.45, 7) is 0. The van der Waals surface area contributed by atoms with E-state index in [1.165, 1.54) is 0 Å². The molecule has 6 aromatic carbocycles. The number of fused-ring (bicyclic) bond motifs is 6. The summed E-state index contributed by atoms with van der Waals surface area (Å²) in [7, 11) is 0. The van der Waals surface area contributed by atoms with E-state index in [0.29, 0.717) is 17.0 Å². The number of nitrogens with zero attached hydrogens (tertiary/aromatic N) is 3. The van der Waals surface area contributed by atoms with Gasteiger partial charge in [0.1, 0.15) is 0 Å². The van der Waals surface area contributed by atoms with Crippen LogP contribution in [-0.4, -0.2) is 15.0 Å². The number of hydrogen-bond acceptors (Lipinski definition) is 5. The minimum atomic E-state index is -0.629. The molecule has 0 aliphatic carbocycles. The van der Waals surface area contributed by atoms with Gasteiger partial charge in [-0.2, -0.15) is 0 Å². The quantitative estimate of drug-likeness (QED) is 0.199. The highest BCUT2D eigenvalue weighted by Gasteiger charge is 2.16. The van der Waals surface area contributed by atoms with Crippen molar-refractivity contribution < 1.29 is 15.1 Å². The SMILES string of the molecule is [2H]c1c([2H])c([2H])c(-c2c([2H])c([2H])c([2H])c3c2sc2c([2H])c(-c4nc(-c5ccccc5)nc(-c5ccc6c(c5)sc5ccccc56)n4)c([2H])c([2H])c23)c([2H])c1[2H]. The fourth-order valence-corrected chi connectivity index (χ4v) is 7.55. The first-order chi connectivity index (χ1) is 26.4. The van der Waals surface area contributed by atoms with Crippen LogP contribution in [0, 0.1) is 0 Å². The van der Waals surface area contributed by atoms with Crippen molar-refractivity contribution in [1.82, 2.24) is 15.0 Å². The molecule has 3 heterocycles. The second-order valence-corrected chi connectivity index (χ2v) is 12.1. The molecular formula is C39H23N3S2. The molecule has 3 nitrogen and oxygen atoms in total. The lowest BCUT2D eigenvalue weighted by Gasteiger charge is -2.09. The monoisotopic (exact) mass is 608 g/mol. The number of rotatable bonds is 4. The molecule has 0 saturated carbocycles. The van der Waals surface area contributed by atoms with Gasteiger partial charge in [0.25, 0.3) is 0 Å². The van der Waals surface area contributed by atoms with Gasteiger partial charge in [-0.15, -0.1) is 22.7 Å². The van der Waals surface area contributed by atoms with E-state index < -0.39 is 54.4 Å². The zero-order chi connectivity index (χ0) is 38.6. The lowest BCUT2D eigenvalue weighted by molar-refractivity contribution is 1.08. The average molecular weight is 609 g/mol. The normalized spacial score (nSPS) is 15.1. The Morgan fingerprint density at radius 2 is 1.20 bits per heavy atom. The predicted octanol–water partition coefficient (Wildman–Crippen LogP) is 11.3. The van der Waals surface area contributed by atoms with Crippen LogP contribution in [0.2, 0.25) is 0 Å². The fourth-order valence-electron chi connectivity index (χ4n) is 5.28. The smallest absolute Gasteiger partial charge is 0.164 e. The summed E-state index contributed by atoms with van der Waals surface area (Å²) in [4.78, 5) is 14.4. The summed E-state index contributed by atoms with van der Waals surface area (Å²) in [5, 5.41) is 2.22. The Labute approximate surface area is 277 Å². The molecule has 0 amide bonds. The van der Waals surface area contributed by atoms with Crippen LogP contribution in [0.1, 0.15) is 15.1 Å². The van der Waals surface area contributed by atoms with Crippen molar-refractivity contribution in [2.45, 2.75) is 0 Å². The largest absolute Gasteiger partial charge is 0.208 e. The van der Waals surface area contributed by atoms with Gasteiger partial charge in [0.2, 0.25) is 0 Å². The van der Waals surface area contributed by atoms with Crippen LogP contribution in [-0.2, 0) is 0 Å². The van der Waals surface area contributed by atoms with E-state index in [2.05, 4.69) is 12.1 Å². The van der Waals surface area contributed by atoms with Crippen LogP contribution >= 0.6 is 22.7 Å². The molecular weight excluding hydrogens is 575 g/mol. The molecule has 0 unspecified atom stereocenters. The van der Waals surface area contributed by atoms with Gasteiger partial charge < -0.3 is 0 Å². The second-order valence-electron chi connectivity index (χ2n) is 9.99. The van der Waals surface area contributed by atoms with Gasteiger partial charge in [-0.3, -0.25) is 0 Å². The molecule has 0 aliphatic heterocycles. The Bertz CT molecular complexity index is 3100. The molecule has 9 rings (SSSR count). The van der Waals surface area contributed by atoms with E-state index >= 15 is 0 Å². The first-order valence-electron chi connectivity index (χ1n) is 19.1. The third kappa shape index (κ3) is 4.21. The van der Waals surface area contributed by atoms with Crippen molar-refractivity contribution in [3.8, 4) is 45.3 Å². The van der Waals surface area contributed by atoms with Crippen LogP contribution < -0.4 is 0 Å². The number of benzene rings is 6. The van der Waals surface area contributed by atoms with Crippen LogP contribution in [0.25, 0.3) is 85.6 Å². The van der Waals surface area contributed by atoms with E-state index in [0.717, 1.165) is 31.5 Å². The number of hydrogen-bond donors (Lipinski definition) is 0. The molecule has 206 valence electrons.